The zero-order valence-corrected chi connectivity index (χ0v) is 7.52. The van der Waals surface area contributed by atoms with Gasteiger partial charge >= 0.3 is 0 Å². The number of carbonyl (C=O) groups excluding carboxylic acids is 1. The molecule has 13 heavy (non-hydrogen) atoms. The monoisotopic (exact) mass is 181 g/mol. The number of primary amides is 1. The summed E-state index contributed by atoms with van der Waals surface area (Å²) in [5.41, 5.74) is 5.37. The fourth-order valence-corrected chi connectivity index (χ4v) is 0.757. The van der Waals surface area contributed by atoms with Crippen molar-refractivity contribution >= 4 is 18.1 Å². The van der Waals surface area contributed by atoms with Crippen molar-refractivity contribution in [3.05, 3.63) is 17.9 Å². The first-order valence-electron chi connectivity index (χ1n) is 3.69. The highest BCUT2D eigenvalue weighted by Crippen LogP contribution is 2.18. The van der Waals surface area contributed by atoms with Gasteiger partial charge in [0.05, 0.1) is 12.6 Å². The quantitative estimate of drug-likeness (QED) is 0.548. The van der Waals surface area contributed by atoms with Crippen molar-refractivity contribution in [1.82, 2.24) is 4.90 Å². The van der Waals surface area contributed by atoms with Crippen molar-refractivity contribution in [2.75, 3.05) is 14.1 Å². The van der Waals surface area contributed by atoms with E-state index in [-0.39, 0.29) is 11.4 Å². The number of hydrogen-bond donors (Lipinski definition) is 1. The Morgan fingerprint density at radius 3 is 2.92 bits per heavy atom. The minimum absolute atomic E-state index is 0.237. The van der Waals surface area contributed by atoms with Crippen molar-refractivity contribution in [3.63, 3.8) is 0 Å². The van der Waals surface area contributed by atoms with Gasteiger partial charge < -0.3 is 15.1 Å². The van der Waals surface area contributed by atoms with E-state index in [1.54, 1.807) is 4.90 Å². The first-order valence-corrected chi connectivity index (χ1v) is 3.69. The molecule has 1 heterocycles. The van der Waals surface area contributed by atoms with E-state index in [9.17, 15) is 4.79 Å². The van der Waals surface area contributed by atoms with Crippen molar-refractivity contribution < 1.29 is 9.21 Å². The minimum Gasteiger partial charge on any atom is -0.446 e. The number of furan rings is 1. The van der Waals surface area contributed by atoms with Crippen molar-refractivity contribution in [2.24, 2.45) is 10.7 Å². The third kappa shape index (κ3) is 2.33. The first kappa shape index (κ1) is 9.31. The number of nitrogens with two attached hydrogens (primary N) is 1. The van der Waals surface area contributed by atoms with Crippen LogP contribution in [0.25, 0.3) is 0 Å². The summed E-state index contributed by atoms with van der Waals surface area (Å²) in [4.78, 5) is 16.5. The van der Waals surface area contributed by atoms with Gasteiger partial charge in [-0.1, -0.05) is 0 Å². The van der Waals surface area contributed by atoms with Gasteiger partial charge in [0.15, 0.2) is 0 Å². The van der Waals surface area contributed by atoms with Crippen LogP contribution in [-0.2, 0) is 0 Å². The fourth-order valence-electron chi connectivity index (χ4n) is 0.757. The van der Waals surface area contributed by atoms with Gasteiger partial charge in [0.25, 0.3) is 5.91 Å². The zero-order chi connectivity index (χ0) is 9.84. The highest BCUT2D eigenvalue weighted by Gasteiger charge is 2.09. The molecule has 5 nitrogen and oxygen atoms in total. The van der Waals surface area contributed by atoms with Gasteiger partial charge in [-0.2, -0.15) is 0 Å². The lowest BCUT2D eigenvalue weighted by Crippen LogP contribution is -2.10. The third-order valence-corrected chi connectivity index (χ3v) is 1.32. The molecule has 70 valence electrons. The second-order valence-corrected chi connectivity index (χ2v) is 2.71. The van der Waals surface area contributed by atoms with Gasteiger partial charge in [-0.05, 0) is 6.07 Å². The van der Waals surface area contributed by atoms with Crippen LogP contribution in [0.4, 0.5) is 5.88 Å². The lowest BCUT2D eigenvalue weighted by Gasteiger charge is -2.00. The molecule has 0 aliphatic heterocycles. The Morgan fingerprint density at radius 1 is 1.69 bits per heavy atom. The number of hydrogen-bond acceptors (Lipinski definition) is 3. The van der Waals surface area contributed by atoms with Gasteiger partial charge in [-0.3, -0.25) is 4.79 Å². The topological polar surface area (TPSA) is 71.8 Å². The Labute approximate surface area is 75.8 Å². The first-order chi connectivity index (χ1) is 6.11. The van der Waals surface area contributed by atoms with E-state index < -0.39 is 5.91 Å². The highest BCUT2D eigenvalue weighted by molar-refractivity contribution is 5.97. The van der Waals surface area contributed by atoms with Gasteiger partial charge in [0.1, 0.15) is 5.56 Å². The van der Waals surface area contributed by atoms with Gasteiger partial charge in [-0.15, -0.1) is 0 Å². The lowest BCUT2D eigenvalue weighted by atomic mass is 10.3. The summed E-state index contributed by atoms with van der Waals surface area (Å²) in [7, 11) is 3.63. The number of aliphatic imine (C=N–C) groups is 1. The van der Waals surface area contributed by atoms with Crippen molar-refractivity contribution in [2.45, 2.75) is 0 Å². The molecule has 0 unspecified atom stereocenters. The van der Waals surface area contributed by atoms with E-state index in [1.165, 1.54) is 18.7 Å². The summed E-state index contributed by atoms with van der Waals surface area (Å²) < 4.78 is 4.95. The number of nitrogens with zero attached hydrogens (tertiary/aromatic N) is 2. The number of amides is 1. The van der Waals surface area contributed by atoms with Crippen LogP contribution in [0.5, 0.6) is 0 Å². The fraction of sp³-hybridized carbons (Fsp3) is 0.250. The smallest absolute Gasteiger partial charge is 0.254 e. The molecule has 0 aliphatic rings. The molecule has 0 saturated carbocycles. The molecule has 0 atom stereocenters. The molecule has 1 aromatic heterocycles. The van der Waals surface area contributed by atoms with Crippen LogP contribution in [-0.4, -0.2) is 31.2 Å². The van der Waals surface area contributed by atoms with Crippen LogP contribution in [0.2, 0.25) is 0 Å². The summed E-state index contributed by atoms with van der Waals surface area (Å²) in [6, 6.07) is 1.49. The Bertz CT molecular complexity index is 328. The standard InChI is InChI=1S/C8H11N3O2/c1-11(2)5-10-8-6(7(9)12)3-4-13-8/h3-5H,1-2H3,(H2,9,12). The molecule has 0 fully saturated rings. The molecule has 0 bridgehead atoms. The summed E-state index contributed by atoms with van der Waals surface area (Å²) in [5, 5.41) is 0. The van der Waals surface area contributed by atoms with Crippen molar-refractivity contribution in [1.29, 1.82) is 0 Å². The Morgan fingerprint density at radius 2 is 2.38 bits per heavy atom. The maximum absolute atomic E-state index is 10.8. The molecule has 0 aliphatic carbocycles. The predicted molar refractivity (Wildman–Crippen MR) is 49.1 cm³/mol. The Kier molecular flexibility index (Phi) is 2.69. The Balaban J connectivity index is 2.88. The molecule has 0 aromatic carbocycles. The van der Waals surface area contributed by atoms with Crippen molar-refractivity contribution in [3.8, 4) is 0 Å². The minimum atomic E-state index is -0.542. The lowest BCUT2D eigenvalue weighted by molar-refractivity contribution is 0.100. The van der Waals surface area contributed by atoms with Crippen LogP contribution in [0.15, 0.2) is 21.7 Å². The van der Waals surface area contributed by atoms with E-state index in [0.29, 0.717) is 0 Å². The molecule has 1 amide bonds. The van der Waals surface area contributed by atoms with Crippen LogP contribution in [0.3, 0.4) is 0 Å². The molecule has 1 rings (SSSR count). The van der Waals surface area contributed by atoms with E-state index in [4.69, 9.17) is 10.2 Å². The van der Waals surface area contributed by atoms with Crippen LogP contribution < -0.4 is 5.73 Å². The van der Waals surface area contributed by atoms with E-state index in [0.717, 1.165) is 0 Å². The van der Waals surface area contributed by atoms with Crippen LogP contribution >= 0.6 is 0 Å². The molecule has 2 N–H and O–H groups in total. The molecule has 5 heteroatoms. The number of rotatable bonds is 3. The molecular formula is C8H11N3O2. The van der Waals surface area contributed by atoms with Crippen LogP contribution in [0.1, 0.15) is 10.4 Å². The van der Waals surface area contributed by atoms with Crippen LogP contribution in [0, 0.1) is 0 Å². The number of carbonyl (C=O) groups is 1. The summed E-state index contributed by atoms with van der Waals surface area (Å²) in [6.07, 6.45) is 2.91. The van der Waals surface area contributed by atoms with Gasteiger partial charge in [0, 0.05) is 14.1 Å². The largest absolute Gasteiger partial charge is 0.446 e. The predicted octanol–water partition coefficient (Wildman–Crippen LogP) is 0.600. The van der Waals surface area contributed by atoms with E-state index in [2.05, 4.69) is 4.99 Å². The molecule has 0 radical (unpaired) electrons. The second kappa shape index (κ2) is 3.75. The zero-order valence-electron chi connectivity index (χ0n) is 7.52. The van der Waals surface area contributed by atoms with E-state index >= 15 is 0 Å². The average Bonchev–Trinajstić information content (AvgIpc) is 2.47. The Hall–Kier alpha value is -1.78. The normalized spacial score (nSPS) is 10.6. The third-order valence-electron chi connectivity index (χ3n) is 1.32. The second-order valence-electron chi connectivity index (χ2n) is 2.71. The molecule has 0 saturated heterocycles. The molecular weight excluding hydrogens is 170 g/mol. The SMILES string of the molecule is CN(C)C=Nc1occc1C(N)=O. The molecule has 1 aromatic rings. The maximum atomic E-state index is 10.8. The van der Waals surface area contributed by atoms with Gasteiger partial charge in [-0.25, -0.2) is 4.99 Å². The highest BCUT2D eigenvalue weighted by atomic mass is 16.3. The van der Waals surface area contributed by atoms with Gasteiger partial charge in [0.2, 0.25) is 5.88 Å². The average molecular weight is 181 g/mol. The molecule has 0 spiro atoms. The summed E-state index contributed by atoms with van der Waals surface area (Å²) in [6.45, 7) is 0. The van der Waals surface area contributed by atoms with E-state index in [1.807, 2.05) is 14.1 Å². The summed E-state index contributed by atoms with van der Waals surface area (Å²) in [5.74, 6) is -0.305. The maximum Gasteiger partial charge on any atom is 0.254 e. The summed E-state index contributed by atoms with van der Waals surface area (Å²) >= 11 is 0.